The minimum Gasteiger partial charge on any atom is -0.394 e. The normalized spacial score (nSPS) is 29.0. The molecule has 7 nitrogen and oxygen atoms in total. The van der Waals surface area contributed by atoms with E-state index in [2.05, 4.69) is 5.10 Å². The number of fused-ring (bicyclic) bond motifs is 1. The van der Waals surface area contributed by atoms with Crippen LogP contribution in [0.1, 0.15) is 37.8 Å². The molecule has 1 saturated heterocycles. The molecule has 3 atom stereocenters. The van der Waals surface area contributed by atoms with Gasteiger partial charge < -0.3 is 19.5 Å². The molecule has 7 heteroatoms. The molecule has 1 N–H and O–H groups in total. The predicted molar refractivity (Wildman–Crippen MR) is 92.1 cm³/mol. The summed E-state index contributed by atoms with van der Waals surface area (Å²) in [4.78, 5) is 14.8. The van der Waals surface area contributed by atoms with Gasteiger partial charge in [0.05, 0.1) is 36.7 Å². The standard InChI is InChI=1S/C18H29N3O4/c1-14-4-8-20(19-14)9-5-17(23)21-10-7-18(24-2)6-3-15(13-16(18)21)25-12-11-22/h4,8,15-16,22H,3,5-7,9-13H2,1-2H3. The molecule has 2 aliphatic rings. The van der Waals surface area contributed by atoms with Gasteiger partial charge in [-0.3, -0.25) is 9.48 Å². The molecule has 0 bridgehead atoms. The van der Waals surface area contributed by atoms with E-state index in [-0.39, 0.29) is 30.3 Å². The lowest BCUT2D eigenvalue weighted by Crippen LogP contribution is -2.53. The Bertz CT molecular complexity index is 591. The van der Waals surface area contributed by atoms with Crippen LogP contribution < -0.4 is 0 Å². The molecule has 0 radical (unpaired) electrons. The number of ether oxygens (including phenoxy) is 2. The largest absolute Gasteiger partial charge is 0.394 e. The third kappa shape index (κ3) is 3.88. The molecule has 2 fully saturated rings. The Morgan fingerprint density at radius 2 is 2.32 bits per heavy atom. The van der Waals surface area contributed by atoms with Crippen molar-refractivity contribution < 1.29 is 19.4 Å². The van der Waals surface area contributed by atoms with E-state index in [1.54, 1.807) is 7.11 Å². The number of aryl methyl sites for hydroxylation is 2. The second kappa shape index (κ2) is 7.85. The number of rotatable bonds is 7. The number of carbonyl (C=O) groups excluding carboxylic acids is 1. The summed E-state index contributed by atoms with van der Waals surface area (Å²) in [5.74, 6) is 0.153. The smallest absolute Gasteiger partial charge is 0.224 e. The number of nitrogens with zero attached hydrogens (tertiary/aromatic N) is 3. The molecule has 0 spiro atoms. The second-order valence-electron chi connectivity index (χ2n) is 7.08. The molecule has 1 aromatic rings. The number of aliphatic hydroxyl groups excluding tert-OH is 1. The highest BCUT2D eigenvalue weighted by Gasteiger charge is 2.52. The van der Waals surface area contributed by atoms with Gasteiger partial charge in [0.15, 0.2) is 0 Å². The zero-order valence-corrected chi connectivity index (χ0v) is 15.2. The van der Waals surface area contributed by atoms with Crippen molar-refractivity contribution in [3.63, 3.8) is 0 Å². The summed E-state index contributed by atoms with van der Waals surface area (Å²) in [7, 11) is 1.75. The average molecular weight is 351 g/mol. The van der Waals surface area contributed by atoms with Gasteiger partial charge in [0.25, 0.3) is 0 Å². The van der Waals surface area contributed by atoms with Gasteiger partial charge in [0.2, 0.25) is 5.91 Å². The van der Waals surface area contributed by atoms with Gasteiger partial charge in [-0.25, -0.2) is 0 Å². The zero-order chi connectivity index (χ0) is 17.9. The summed E-state index contributed by atoms with van der Waals surface area (Å²) >= 11 is 0. The van der Waals surface area contributed by atoms with Crippen LogP contribution in [-0.2, 0) is 20.8 Å². The Labute approximate surface area is 148 Å². The number of hydrogen-bond donors (Lipinski definition) is 1. The van der Waals surface area contributed by atoms with Crippen molar-refractivity contribution in [2.75, 3.05) is 26.9 Å². The Kier molecular flexibility index (Phi) is 5.76. The first-order chi connectivity index (χ1) is 12.1. The summed E-state index contributed by atoms with van der Waals surface area (Å²) in [6, 6.07) is 2.00. The molecule has 3 rings (SSSR count). The third-order valence-corrected chi connectivity index (χ3v) is 5.64. The number of amides is 1. The molecule has 2 heterocycles. The lowest BCUT2D eigenvalue weighted by atomic mass is 9.79. The fourth-order valence-electron chi connectivity index (χ4n) is 4.27. The molecule has 1 aliphatic carbocycles. The fraction of sp³-hybridized carbons (Fsp3) is 0.778. The molecule has 1 amide bonds. The molecule has 3 unspecified atom stereocenters. The van der Waals surface area contributed by atoms with Crippen molar-refractivity contribution in [1.82, 2.24) is 14.7 Å². The van der Waals surface area contributed by atoms with E-state index in [1.165, 1.54) is 0 Å². The van der Waals surface area contributed by atoms with Gasteiger partial charge in [-0.05, 0) is 38.7 Å². The first-order valence-electron chi connectivity index (χ1n) is 9.15. The molecule has 25 heavy (non-hydrogen) atoms. The van der Waals surface area contributed by atoms with E-state index in [0.29, 0.717) is 19.6 Å². The molecule has 1 saturated carbocycles. The van der Waals surface area contributed by atoms with Crippen molar-refractivity contribution >= 4 is 5.91 Å². The zero-order valence-electron chi connectivity index (χ0n) is 15.2. The molecule has 1 aliphatic heterocycles. The van der Waals surface area contributed by atoms with Crippen LogP contribution in [0.3, 0.4) is 0 Å². The maximum atomic E-state index is 12.8. The van der Waals surface area contributed by atoms with Crippen molar-refractivity contribution in [3.8, 4) is 0 Å². The Balaban J connectivity index is 1.63. The second-order valence-corrected chi connectivity index (χ2v) is 7.08. The van der Waals surface area contributed by atoms with Crippen LogP contribution in [0.5, 0.6) is 0 Å². The Morgan fingerprint density at radius 1 is 1.48 bits per heavy atom. The highest BCUT2D eigenvalue weighted by atomic mass is 16.5. The summed E-state index contributed by atoms with van der Waals surface area (Å²) in [5.41, 5.74) is 0.722. The van der Waals surface area contributed by atoms with Crippen molar-refractivity contribution in [1.29, 1.82) is 0 Å². The van der Waals surface area contributed by atoms with Crippen molar-refractivity contribution in [3.05, 3.63) is 18.0 Å². The summed E-state index contributed by atoms with van der Waals surface area (Å²) in [6.45, 7) is 3.66. The van der Waals surface area contributed by atoms with Crippen LogP contribution in [0.4, 0.5) is 0 Å². The summed E-state index contributed by atoms with van der Waals surface area (Å²) in [5, 5.41) is 13.3. The number of likely N-dealkylation sites (tertiary alicyclic amines) is 1. The highest BCUT2D eigenvalue weighted by Crippen LogP contribution is 2.43. The molecule has 140 valence electrons. The van der Waals surface area contributed by atoms with Gasteiger partial charge >= 0.3 is 0 Å². The van der Waals surface area contributed by atoms with E-state index < -0.39 is 0 Å². The Hall–Kier alpha value is -1.44. The molecule has 0 aromatic carbocycles. The minimum absolute atomic E-state index is 0.0303. The predicted octanol–water partition coefficient (Wildman–Crippen LogP) is 1.13. The average Bonchev–Trinajstić information content (AvgIpc) is 3.21. The molecular weight excluding hydrogens is 322 g/mol. The van der Waals surface area contributed by atoms with Gasteiger partial charge in [-0.1, -0.05) is 0 Å². The fourth-order valence-corrected chi connectivity index (χ4v) is 4.27. The maximum Gasteiger partial charge on any atom is 0.224 e. The Morgan fingerprint density at radius 3 is 3.00 bits per heavy atom. The van der Waals surface area contributed by atoms with Crippen molar-refractivity contribution in [2.45, 2.75) is 63.3 Å². The number of aliphatic hydroxyl groups is 1. The van der Waals surface area contributed by atoms with E-state index in [9.17, 15) is 4.79 Å². The minimum atomic E-state index is -0.239. The van der Waals surface area contributed by atoms with Crippen molar-refractivity contribution in [2.24, 2.45) is 0 Å². The number of carbonyl (C=O) groups is 1. The lowest BCUT2D eigenvalue weighted by molar-refractivity contribution is -0.142. The molecule has 1 aromatic heterocycles. The summed E-state index contributed by atoms with van der Waals surface area (Å²) in [6.07, 6.45) is 5.91. The van der Waals surface area contributed by atoms with Crippen LogP contribution in [-0.4, -0.2) is 70.3 Å². The van der Waals surface area contributed by atoms with Gasteiger partial charge in [-0.15, -0.1) is 0 Å². The van der Waals surface area contributed by atoms with Gasteiger partial charge in [-0.2, -0.15) is 5.10 Å². The number of methoxy groups -OCH3 is 1. The first-order valence-corrected chi connectivity index (χ1v) is 9.15. The SMILES string of the molecule is COC12CCC(OCCO)CC1N(C(=O)CCn1ccc(C)n1)CC2. The quantitative estimate of drug-likeness (QED) is 0.797. The van der Waals surface area contributed by atoms with Gasteiger partial charge in [0.1, 0.15) is 0 Å². The lowest BCUT2D eigenvalue weighted by Gasteiger charge is -2.43. The van der Waals surface area contributed by atoms with Crippen LogP contribution in [0.25, 0.3) is 0 Å². The molecular formula is C18H29N3O4. The van der Waals surface area contributed by atoms with E-state index >= 15 is 0 Å². The third-order valence-electron chi connectivity index (χ3n) is 5.64. The van der Waals surface area contributed by atoms with E-state index in [1.807, 2.05) is 28.8 Å². The van der Waals surface area contributed by atoms with E-state index in [4.69, 9.17) is 14.6 Å². The van der Waals surface area contributed by atoms with Crippen LogP contribution in [0.2, 0.25) is 0 Å². The van der Waals surface area contributed by atoms with Crippen LogP contribution >= 0.6 is 0 Å². The monoisotopic (exact) mass is 351 g/mol. The highest BCUT2D eigenvalue weighted by molar-refractivity contribution is 5.77. The maximum absolute atomic E-state index is 12.8. The topological polar surface area (TPSA) is 76.8 Å². The number of aromatic nitrogens is 2. The van der Waals surface area contributed by atoms with E-state index in [0.717, 1.165) is 37.9 Å². The van der Waals surface area contributed by atoms with Crippen LogP contribution in [0, 0.1) is 6.92 Å². The summed E-state index contributed by atoms with van der Waals surface area (Å²) < 4.78 is 13.4. The van der Waals surface area contributed by atoms with Gasteiger partial charge in [0, 0.05) is 32.8 Å². The number of hydrogen-bond acceptors (Lipinski definition) is 5. The van der Waals surface area contributed by atoms with Crippen LogP contribution in [0.15, 0.2) is 12.3 Å². The first kappa shape index (κ1) is 18.4.